The Balaban J connectivity index is 2.30. The summed E-state index contributed by atoms with van der Waals surface area (Å²) in [5.41, 5.74) is 0. The third-order valence-electron chi connectivity index (χ3n) is 2.87. The second-order valence-electron chi connectivity index (χ2n) is 4.38. The van der Waals surface area contributed by atoms with E-state index in [0.29, 0.717) is 19.0 Å². The largest absolute Gasteiger partial charge is 0.309 e. The minimum Gasteiger partial charge on any atom is -0.309 e. The molecule has 0 N–H and O–H groups in total. The van der Waals surface area contributed by atoms with Crippen molar-refractivity contribution in [2.75, 3.05) is 33.7 Å². The standard InChI is InChI=1S/C9H19ClN2O2S/c1-11(2)6-3-9-4-7-12(8-5-9)15(10,13)14/h9H,3-8H2,1-2H3. The van der Waals surface area contributed by atoms with Crippen molar-refractivity contribution in [1.82, 2.24) is 9.21 Å². The van der Waals surface area contributed by atoms with Gasteiger partial charge >= 0.3 is 0 Å². The molecule has 1 fully saturated rings. The maximum absolute atomic E-state index is 11.0. The summed E-state index contributed by atoms with van der Waals surface area (Å²) < 4.78 is 23.4. The maximum atomic E-state index is 11.0. The van der Waals surface area contributed by atoms with Crippen LogP contribution in [0.25, 0.3) is 0 Å². The van der Waals surface area contributed by atoms with Crippen molar-refractivity contribution in [3.8, 4) is 0 Å². The third kappa shape index (κ3) is 4.68. The molecule has 1 rings (SSSR count). The number of piperidine rings is 1. The molecule has 1 saturated heterocycles. The van der Waals surface area contributed by atoms with E-state index < -0.39 is 9.24 Å². The molecule has 0 aromatic rings. The number of hydrogen-bond donors (Lipinski definition) is 0. The molecule has 1 aliphatic heterocycles. The Kier molecular flexibility index (Phi) is 4.83. The Morgan fingerprint density at radius 1 is 1.33 bits per heavy atom. The van der Waals surface area contributed by atoms with Crippen LogP contribution in [0.4, 0.5) is 0 Å². The Morgan fingerprint density at radius 3 is 2.27 bits per heavy atom. The lowest BCUT2D eigenvalue weighted by Gasteiger charge is -2.29. The molecular formula is C9H19ClN2O2S. The maximum Gasteiger partial charge on any atom is 0.299 e. The van der Waals surface area contributed by atoms with Crippen LogP contribution in [0.2, 0.25) is 0 Å². The average molecular weight is 255 g/mol. The van der Waals surface area contributed by atoms with Gasteiger partial charge in [0.25, 0.3) is 9.24 Å². The fraction of sp³-hybridized carbons (Fsp3) is 1.00. The topological polar surface area (TPSA) is 40.6 Å². The van der Waals surface area contributed by atoms with E-state index in [1.54, 1.807) is 0 Å². The van der Waals surface area contributed by atoms with E-state index in [4.69, 9.17) is 10.7 Å². The lowest BCUT2D eigenvalue weighted by molar-refractivity contribution is 0.246. The molecule has 0 amide bonds. The van der Waals surface area contributed by atoms with Crippen LogP contribution in [0, 0.1) is 5.92 Å². The predicted molar refractivity (Wildman–Crippen MR) is 62.2 cm³/mol. The highest BCUT2D eigenvalue weighted by Crippen LogP contribution is 2.23. The van der Waals surface area contributed by atoms with Crippen LogP contribution < -0.4 is 0 Å². The summed E-state index contributed by atoms with van der Waals surface area (Å²) in [5, 5.41) is 0. The van der Waals surface area contributed by atoms with Crippen LogP contribution in [0.1, 0.15) is 19.3 Å². The number of halogens is 1. The average Bonchev–Trinajstić information content (AvgIpc) is 2.14. The van der Waals surface area contributed by atoms with Gasteiger partial charge in [0.15, 0.2) is 0 Å². The minimum absolute atomic E-state index is 0.573. The zero-order valence-electron chi connectivity index (χ0n) is 9.32. The first-order chi connectivity index (χ1) is 6.89. The van der Waals surface area contributed by atoms with Crippen LogP contribution in [-0.4, -0.2) is 51.4 Å². The van der Waals surface area contributed by atoms with Crippen molar-refractivity contribution < 1.29 is 8.42 Å². The highest BCUT2D eigenvalue weighted by molar-refractivity contribution is 8.11. The van der Waals surface area contributed by atoms with Crippen LogP contribution in [0.5, 0.6) is 0 Å². The van der Waals surface area contributed by atoms with Crippen molar-refractivity contribution in [3.05, 3.63) is 0 Å². The SMILES string of the molecule is CN(C)CCC1CCN(S(=O)(=O)Cl)CC1. The Labute approximate surface area is 96.7 Å². The van der Waals surface area contributed by atoms with Gasteiger partial charge in [0.2, 0.25) is 0 Å². The summed E-state index contributed by atoms with van der Waals surface area (Å²) in [6.07, 6.45) is 3.00. The van der Waals surface area contributed by atoms with Crippen LogP contribution in [0.3, 0.4) is 0 Å². The molecule has 1 heterocycles. The molecule has 0 aromatic carbocycles. The molecule has 1 aliphatic rings. The van der Waals surface area contributed by atoms with Gasteiger partial charge in [-0.2, -0.15) is 12.7 Å². The van der Waals surface area contributed by atoms with Gasteiger partial charge in [-0.3, -0.25) is 0 Å². The quantitative estimate of drug-likeness (QED) is 0.707. The highest BCUT2D eigenvalue weighted by atomic mass is 35.7. The van der Waals surface area contributed by atoms with E-state index >= 15 is 0 Å². The van der Waals surface area contributed by atoms with Crippen molar-refractivity contribution >= 4 is 19.9 Å². The Bertz CT molecular complexity index is 284. The Morgan fingerprint density at radius 2 is 1.87 bits per heavy atom. The fourth-order valence-electron chi connectivity index (χ4n) is 1.86. The molecule has 4 nitrogen and oxygen atoms in total. The van der Waals surface area contributed by atoms with Gasteiger partial charge in [-0.25, -0.2) is 0 Å². The molecule has 6 heteroatoms. The smallest absolute Gasteiger partial charge is 0.299 e. The van der Waals surface area contributed by atoms with Crippen molar-refractivity contribution in [2.24, 2.45) is 5.92 Å². The molecule has 0 bridgehead atoms. The molecule has 0 radical (unpaired) electrons. The summed E-state index contributed by atoms with van der Waals surface area (Å²) in [5.74, 6) is 0.641. The summed E-state index contributed by atoms with van der Waals surface area (Å²) in [6.45, 7) is 2.21. The number of nitrogens with zero attached hydrogens (tertiary/aromatic N) is 2. The van der Waals surface area contributed by atoms with Gasteiger partial charge in [0.1, 0.15) is 0 Å². The van der Waals surface area contributed by atoms with E-state index in [1.165, 1.54) is 4.31 Å². The molecule has 15 heavy (non-hydrogen) atoms. The monoisotopic (exact) mass is 254 g/mol. The zero-order chi connectivity index (χ0) is 11.5. The minimum atomic E-state index is -3.49. The van der Waals surface area contributed by atoms with Gasteiger partial charge in [0, 0.05) is 23.8 Å². The van der Waals surface area contributed by atoms with Gasteiger partial charge in [-0.05, 0) is 45.8 Å². The van der Waals surface area contributed by atoms with E-state index in [2.05, 4.69) is 19.0 Å². The van der Waals surface area contributed by atoms with Crippen molar-refractivity contribution in [2.45, 2.75) is 19.3 Å². The fourth-order valence-corrected chi connectivity index (χ4v) is 2.92. The molecule has 0 spiro atoms. The van der Waals surface area contributed by atoms with Gasteiger partial charge in [-0.1, -0.05) is 0 Å². The first-order valence-electron chi connectivity index (χ1n) is 5.24. The van der Waals surface area contributed by atoms with Gasteiger partial charge < -0.3 is 4.90 Å². The summed E-state index contributed by atoms with van der Waals surface area (Å²) in [4.78, 5) is 2.16. The lowest BCUT2D eigenvalue weighted by atomic mass is 9.94. The third-order valence-corrected chi connectivity index (χ3v) is 4.43. The molecule has 90 valence electrons. The zero-order valence-corrected chi connectivity index (χ0v) is 10.9. The first kappa shape index (κ1) is 13.2. The van der Waals surface area contributed by atoms with E-state index in [0.717, 1.165) is 25.8 Å². The van der Waals surface area contributed by atoms with Crippen LogP contribution in [-0.2, 0) is 9.24 Å². The molecule has 0 saturated carbocycles. The Hall–Kier alpha value is 0.160. The number of hydrogen-bond acceptors (Lipinski definition) is 3. The second-order valence-corrected chi connectivity index (χ2v) is 6.89. The molecular weight excluding hydrogens is 236 g/mol. The predicted octanol–water partition coefficient (Wildman–Crippen LogP) is 1.13. The summed E-state index contributed by atoms with van der Waals surface area (Å²) >= 11 is 0. The van der Waals surface area contributed by atoms with E-state index in [9.17, 15) is 8.42 Å². The highest BCUT2D eigenvalue weighted by Gasteiger charge is 2.25. The second kappa shape index (κ2) is 5.48. The van der Waals surface area contributed by atoms with Crippen LogP contribution >= 0.6 is 10.7 Å². The lowest BCUT2D eigenvalue weighted by Crippen LogP contribution is -2.36. The normalized spacial score (nSPS) is 21.1. The van der Waals surface area contributed by atoms with Crippen molar-refractivity contribution in [3.63, 3.8) is 0 Å². The summed E-state index contributed by atoms with van der Waals surface area (Å²) in [7, 11) is 5.90. The van der Waals surface area contributed by atoms with Gasteiger partial charge in [0.05, 0.1) is 0 Å². The van der Waals surface area contributed by atoms with Crippen LogP contribution in [0.15, 0.2) is 0 Å². The van der Waals surface area contributed by atoms with E-state index in [1.807, 2.05) is 0 Å². The molecule has 0 aromatic heterocycles. The molecule has 0 aliphatic carbocycles. The summed E-state index contributed by atoms with van der Waals surface area (Å²) in [6, 6.07) is 0. The van der Waals surface area contributed by atoms with E-state index in [-0.39, 0.29) is 0 Å². The molecule has 0 unspecified atom stereocenters. The molecule has 0 atom stereocenters. The number of rotatable bonds is 4. The van der Waals surface area contributed by atoms with Crippen molar-refractivity contribution in [1.29, 1.82) is 0 Å². The first-order valence-corrected chi connectivity index (χ1v) is 7.50. The van der Waals surface area contributed by atoms with Gasteiger partial charge in [-0.15, -0.1) is 0 Å².